The zero-order chi connectivity index (χ0) is 12.7. The van der Waals surface area contributed by atoms with Gasteiger partial charge >= 0.3 is 0 Å². The number of hydrazine groups is 1. The van der Waals surface area contributed by atoms with E-state index in [2.05, 4.69) is 5.43 Å². The topological polar surface area (TPSA) is 59.6 Å². The number of hydrogen-bond donors (Lipinski definition) is 2. The van der Waals surface area contributed by atoms with Gasteiger partial charge in [0.05, 0.1) is 11.6 Å². The van der Waals surface area contributed by atoms with Crippen molar-refractivity contribution in [2.45, 2.75) is 70.4 Å². The number of ether oxygens (including phenoxy) is 1. The standard InChI is InChI=1S/C13H27N3O/c1-13(2,17-3)10-12(16-14)15-11-8-6-4-5-7-9-11/h11H,4-10,14H2,1-3H3,(H,15,16). The van der Waals surface area contributed by atoms with Crippen molar-refractivity contribution in [1.82, 2.24) is 5.43 Å². The molecule has 0 aromatic rings. The van der Waals surface area contributed by atoms with Crippen LogP contribution in [0.25, 0.3) is 0 Å². The summed E-state index contributed by atoms with van der Waals surface area (Å²) in [6.45, 7) is 4.10. The van der Waals surface area contributed by atoms with E-state index >= 15 is 0 Å². The van der Waals surface area contributed by atoms with E-state index in [0.717, 1.165) is 12.3 Å². The number of nitrogens with two attached hydrogens (primary N) is 1. The van der Waals surface area contributed by atoms with Crippen molar-refractivity contribution in [2.24, 2.45) is 10.8 Å². The smallest absolute Gasteiger partial charge is 0.113 e. The lowest BCUT2D eigenvalue weighted by Gasteiger charge is -2.24. The van der Waals surface area contributed by atoms with Crippen LogP contribution in [0, 0.1) is 0 Å². The summed E-state index contributed by atoms with van der Waals surface area (Å²) < 4.78 is 5.41. The van der Waals surface area contributed by atoms with Crippen molar-refractivity contribution in [3.05, 3.63) is 0 Å². The minimum absolute atomic E-state index is 0.212. The molecule has 0 atom stereocenters. The first-order valence-electron chi connectivity index (χ1n) is 6.66. The third kappa shape index (κ3) is 5.50. The molecule has 4 nitrogen and oxygen atoms in total. The minimum atomic E-state index is -0.212. The van der Waals surface area contributed by atoms with Gasteiger partial charge in [0, 0.05) is 13.5 Å². The molecule has 0 heterocycles. The Balaban J connectivity index is 2.58. The molecule has 1 aliphatic rings. The van der Waals surface area contributed by atoms with Crippen LogP contribution in [0.15, 0.2) is 4.99 Å². The normalized spacial score (nSPS) is 20.1. The predicted molar refractivity (Wildman–Crippen MR) is 72.0 cm³/mol. The van der Waals surface area contributed by atoms with Gasteiger partial charge in [-0.05, 0) is 26.7 Å². The Kier molecular flexibility index (Phi) is 5.92. The maximum atomic E-state index is 5.55. The van der Waals surface area contributed by atoms with Crippen LogP contribution < -0.4 is 11.3 Å². The highest BCUT2D eigenvalue weighted by atomic mass is 16.5. The largest absolute Gasteiger partial charge is 0.378 e. The van der Waals surface area contributed by atoms with E-state index in [1.807, 2.05) is 13.8 Å². The monoisotopic (exact) mass is 241 g/mol. The second-order valence-corrected chi connectivity index (χ2v) is 5.51. The molecule has 1 saturated carbocycles. The molecule has 1 rings (SSSR count). The van der Waals surface area contributed by atoms with Gasteiger partial charge in [-0.15, -0.1) is 0 Å². The first-order chi connectivity index (χ1) is 8.07. The molecule has 0 radical (unpaired) electrons. The molecule has 0 aromatic carbocycles. The molecular weight excluding hydrogens is 214 g/mol. The molecule has 3 N–H and O–H groups in total. The van der Waals surface area contributed by atoms with E-state index in [9.17, 15) is 0 Å². The van der Waals surface area contributed by atoms with Gasteiger partial charge in [0.1, 0.15) is 5.84 Å². The van der Waals surface area contributed by atoms with Crippen molar-refractivity contribution in [3.8, 4) is 0 Å². The maximum Gasteiger partial charge on any atom is 0.113 e. The van der Waals surface area contributed by atoms with E-state index in [4.69, 9.17) is 15.6 Å². The number of nitrogens with zero attached hydrogens (tertiary/aromatic N) is 1. The van der Waals surface area contributed by atoms with Crippen molar-refractivity contribution in [3.63, 3.8) is 0 Å². The third-order valence-electron chi connectivity index (χ3n) is 3.48. The summed E-state index contributed by atoms with van der Waals surface area (Å²) >= 11 is 0. The Hall–Kier alpha value is -0.610. The van der Waals surface area contributed by atoms with Crippen molar-refractivity contribution >= 4 is 5.84 Å². The molecule has 1 aliphatic carbocycles. The highest BCUT2D eigenvalue weighted by molar-refractivity contribution is 5.82. The van der Waals surface area contributed by atoms with Gasteiger partial charge in [-0.1, -0.05) is 25.7 Å². The van der Waals surface area contributed by atoms with Gasteiger partial charge in [-0.25, -0.2) is 5.84 Å². The van der Waals surface area contributed by atoms with Crippen LogP contribution in [-0.4, -0.2) is 24.6 Å². The summed E-state index contributed by atoms with van der Waals surface area (Å²) in [5.74, 6) is 6.42. The molecule has 17 heavy (non-hydrogen) atoms. The van der Waals surface area contributed by atoms with Gasteiger partial charge in [0.25, 0.3) is 0 Å². The highest BCUT2D eigenvalue weighted by Crippen LogP contribution is 2.21. The van der Waals surface area contributed by atoms with Crippen molar-refractivity contribution < 1.29 is 4.74 Å². The number of hydrogen-bond acceptors (Lipinski definition) is 3. The molecule has 1 fully saturated rings. The number of methoxy groups -OCH3 is 1. The highest BCUT2D eigenvalue weighted by Gasteiger charge is 2.20. The lowest BCUT2D eigenvalue weighted by Crippen LogP contribution is -2.38. The quantitative estimate of drug-likeness (QED) is 0.261. The zero-order valence-electron chi connectivity index (χ0n) is 11.5. The summed E-state index contributed by atoms with van der Waals surface area (Å²) in [5.41, 5.74) is 2.52. The maximum absolute atomic E-state index is 5.55. The number of amidine groups is 1. The molecule has 0 unspecified atom stereocenters. The molecule has 4 heteroatoms. The summed E-state index contributed by atoms with van der Waals surface area (Å²) in [4.78, 5) is 4.75. The average molecular weight is 241 g/mol. The first-order valence-corrected chi connectivity index (χ1v) is 6.66. The van der Waals surface area contributed by atoms with Crippen LogP contribution in [-0.2, 0) is 4.74 Å². The molecular formula is C13H27N3O. The Morgan fingerprint density at radius 1 is 1.29 bits per heavy atom. The molecule has 0 amide bonds. The fourth-order valence-corrected chi connectivity index (χ4v) is 2.22. The summed E-state index contributed by atoms with van der Waals surface area (Å²) in [6, 6.07) is 0.441. The van der Waals surface area contributed by atoms with Gasteiger partial charge in [0.15, 0.2) is 0 Å². The van der Waals surface area contributed by atoms with E-state index in [1.54, 1.807) is 7.11 Å². The predicted octanol–water partition coefficient (Wildman–Crippen LogP) is 2.39. The second kappa shape index (κ2) is 6.97. The van der Waals surface area contributed by atoms with E-state index in [-0.39, 0.29) is 5.60 Å². The summed E-state index contributed by atoms with van der Waals surface area (Å²) in [5, 5.41) is 0. The lowest BCUT2D eigenvalue weighted by molar-refractivity contribution is 0.0285. The Bertz CT molecular complexity index is 243. The number of nitrogens with one attached hydrogen (secondary N) is 1. The van der Waals surface area contributed by atoms with Crippen LogP contribution in [0.3, 0.4) is 0 Å². The average Bonchev–Trinajstić information content (AvgIpc) is 2.56. The molecule has 0 spiro atoms. The SMILES string of the molecule is COC(C)(C)CC(=NC1CCCCCC1)NN. The number of aliphatic imine (C=N–C) groups is 1. The first kappa shape index (κ1) is 14.5. The second-order valence-electron chi connectivity index (χ2n) is 5.51. The third-order valence-corrected chi connectivity index (χ3v) is 3.48. The number of rotatable bonds is 4. The van der Waals surface area contributed by atoms with E-state index < -0.39 is 0 Å². The van der Waals surface area contributed by atoms with Crippen LogP contribution in [0.2, 0.25) is 0 Å². The molecule has 0 aliphatic heterocycles. The van der Waals surface area contributed by atoms with Gasteiger partial charge in [-0.3, -0.25) is 4.99 Å². The summed E-state index contributed by atoms with van der Waals surface area (Å²) in [6.07, 6.45) is 8.40. The van der Waals surface area contributed by atoms with Crippen molar-refractivity contribution in [1.29, 1.82) is 0 Å². The van der Waals surface area contributed by atoms with Gasteiger partial charge < -0.3 is 10.2 Å². The molecule has 0 bridgehead atoms. The molecule has 100 valence electrons. The molecule has 0 aromatic heterocycles. The van der Waals surface area contributed by atoms with Crippen molar-refractivity contribution in [2.75, 3.05) is 7.11 Å². The Labute approximate surface area is 105 Å². The fraction of sp³-hybridized carbons (Fsp3) is 0.923. The fourth-order valence-electron chi connectivity index (χ4n) is 2.22. The Morgan fingerprint density at radius 3 is 2.35 bits per heavy atom. The van der Waals surface area contributed by atoms with Crippen LogP contribution in [0.1, 0.15) is 58.8 Å². The minimum Gasteiger partial charge on any atom is -0.378 e. The van der Waals surface area contributed by atoms with Crippen LogP contribution in [0.5, 0.6) is 0 Å². The molecule has 0 saturated heterocycles. The lowest BCUT2D eigenvalue weighted by atomic mass is 10.0. The van der Waals surface area contributed by atoms with E-state index in [1.165, 1.54) is 38.5 Å². The van der Waals surface area contributed by atoms with E-state index in [0.29, 0.717) is 6.04 Å². The van der Waals surface area contributed by atoms with Gasteiger partial charge in [-0.2, -0.15) is 0 Å². The van der Waals surface area contributed by atoms with Gasteiger partial charge in [0.2, 0.25) is 0 Å². The zero-order valence-corrected chi connectivity index (χ0v) is 11.5. The Morgan fingerprint density at radius 2 is 1.88 bits per heavy atom. The van der Waals surface area contributed by atoms with Crippen LogP contribution >= 0.6 is 0 Å². The van der Waals surface area contributed by atoms with Crippen LogP contribution in [0.4, 0.5) is 0 Å². The summed E-state index contributed by atoms with van der Waals surface area (Å²) in [7, 11) is 1.72.